The molecule has 2 aliphatic rings. The molecule has 6 nitrogen and oxygen atoms in total. The fourth-order valence-electron chi connectivity index (χ4n) is 3.77. The van der Waals surface area contributed by atoms with E-state index in [4.69, 9.17) is 9.47 Å². The first kappa shape index (κ1) is 18.0. The molecule has 2 aliphatic heterocycles. The topological polar surface area (TPSA) is 62.2 Å². The van der Waals surface area contributed by atoms with Gasteiger partial charge in [-0.25, -0.2) is 4.79 Å². The average Bonchev–Trinajstić information content (AvgIpc) is 2.99. The van der Waals surface area contributed by atoms with Crippen LogP contribution in [0.3, 0.4) is 0 Å². The van der Waals surface area contributed by atoms with E-state index in [1.165, 1.54) is 4.90 Å². The Balaban J connectivity index is 1.65. The van der Waals surface area contributed by atoms with Crippen molar-refractivity contribution in [3.63, 3.8) is 0 Å². The molecule has 4 rings (SSSR count). The maximum atomic E-state index is 12.7. The van der Waals surface area contributed by atoms with Gasteiger partial charge in [0.15, 0.2) is 6.10 Å². The lowest BCUT2D eigenvalue weighted by Crippen LogP contribution is -2.49. The maximum Gasteiger partial charge on any atom is 0.413 e. The van der Waals surface area contributed by atoms with Crippen molar-refractivity contribution >= 4 is 6.09 Å². The molecule has 0 aromatic heterocycles. The Labute approximate surface area is 158 Å². The zero-order chi connectivity index (χ0) is 18.7. The van der Waals surface area contributed by atoms with Gasteiger partial charge in [0, 0.05) is 31.7 Å². The van der Waals surface area contributed by atoms with E-state index in [0.717, 1.165) is 18.7 Å². The van der Waals surface area contributed by atoms with E-state index < -0.39 is 17.9 Å². The molecule has 6 heteroatoms. The summed E-state index contributed by atoms with van der Waals surface area (Å²) in [6, 6.07) is 18.7. The van der Waals surface area contributed by atoms with Crippen LogP contribution in [0.15, 0.2) is 60.7 Å². The minimum Gasteiger partial charge on any atom is -0.436 e. The number of carbonyl (C=O) groups is 1. The smallest absolute Gasteiger partial charge is 0.413 e. The minimum atomic E-state index is -1.55. The van der Waals surface area contributed by atoms with E-state index in [1.807, 2.05) is 60.7 Å². The Morgan fingerprint density at radius 2 is 1.59 bits per heavy atom. The molecule has 1 amide bonds. The molecule has 0 aliphatic carbocycles. The van der Waals surface area contributed by atoms with Crippen LogP contribution in [0.1, 0.15) is 17.2 Å². The molecule has 2 saturated heterocycles. The molecule has 2 aromatic carbocycles. The van der Waals surface area contributed by atoms with Gasteiger partial charge in [0.25, 0.3) is 0 Å². The summed E-state index contributed by atoms with van der Waals surface area (Å²) >= 11 is 0. The third-order valence-electron chi connectivity index (χ3n) is 5.26. The number of nitrogens with zero attached hydrogens (tertiary/aromatic N) is 2. The van der Waals surface area contributed by atoms with Gasteiger partial charge in [-0.3, -0.25) is 9.80 Å². The number of rotatable bonds is 5. The van der Waals surface area contributed by atoms with Crippen molar-refractivity contribution in [1.29, 1.82) is 0 Å². The quantitative estimate of drug-likeness (QED) is 0.878. The lowest BCUT2D eigenvalue weighted by Gasteiger charge is -2.36. The normalized spacial score (nSPS) is 26.2. The molecule has 0 radical (unpaired) electrons. The number of morpholine rings is 1. The van der Waals surface area contributed by atoms with Crippen molar-refractivity contribution in [2.24, 2.45) is 0 Å². The van der Waals surface area contributed by atoms with Gasteiger partial charge < -0.3 is 14.6 Å². The summed E-state index contributed by atoms with van der Waals surface area (Å²) in [7, 11) is 0. The number of hydrogen-bond donors (Lipinski definition) is 1. The van der Waals surface area contributed by atoms with E-state index >= 15 is 0 Å². The third-order valence-corrected chi connectivity index (χ3v) is 5.26. The van der Waals surface area contributed by atoms with Gasteiger partial charge in [-0.15, -0.1) is 0 Å². The first-order chi connectivity index (χ1) is 13.2. The number of carbonyl (C=O) groups excluding carboxylic acids is 1. The standard InChI is InChI=1S/C21H24N2O4/c24-20-23(12-11-22-13-15-26-16-14-22)21(25,18-9-5-2-6-10-18)19(27-20)17-7-3-1-4-8-17/h1-10,19,25H,11-16H2/t19-,21+/m1/s1. The first-order valence-corrected chi connectivity index (χ1v) is 9.31. The minimum absolute atomic E-state index is 0.383. The van der Waals surface area contributed by atoms with Crippen molar-refractivity contribution in [2.75, 3.05) is 39.4 Å². The van der Waals surface area contributed by atoms with Gasteiger partial charge in [0.05, 0.1) is 13.2 Å². The van der Waals surface area contributed by atoms with E-state index in [0.29, 0.717) is 31.9 Å². The molecule has 27 heavy (non-hydrogen) atoms. The van der Waals surface area contributed by atoms with Crippen LogP contribution in [0, 0.1) is 0 Å². The highest BCUT2D eigenvalue weighted by molar-refractivity contribution is 5.72. The van der Waals surface area contributed by atoms with Crippen molar-refractivity contribution in [1.82, 2.24) is 9.80 Å². The zero-order valence-electron chi connectivity index (χ0n) is 15.2. The Morgan fingerprint density at radius 3 is 2.26 bits per heavy atom. The number of ether oxygens (including phenoxy) is 2. The SMILES string of the molecule is O=C1O[C@H](c2ccccc2)[C@@](O)(c2ccccc2)N1CCN1CCOCC1. The molecule has 1 N–H and O–H groups in total. The second kappa shape index (κ2) is 7.68. The summed E-state index contributed by atoms with van der Waals surface area (Å²) in [6.45, 7) is 4.09. The summed E-state index contributed by atoms with van der Waals surface area (Å²) < 4.78 is 11.0. The Kier molecular flexibility index (Phi) is 5.11. The highest BCUT2D eigenvalue weighted by atomic mass is 16.6. The summed E-state index contributed by atoms with van der Waals surface area (Å²) in [4.78, 5) is 16.4. The third kappa shape index (κ3) is 3.43. The predicted molar refractivity (Wildman–Crippen MR) is 100.0 cm³/mol. The highest BCUT2D eigenvalue weighted by Crippen LogP contribution is 2.46. The van der Waals surface area contributed by atoms with Crippen LogP contribution in [0.2, 0.25) is 0 Å². The predicted octanol–water partition coefficient (Wildman–Crippen LogP) is 2.36. The molecule has 0 unspecified atom stereocenters. The van der Waals surface area contributed by atoms with Gasteiger partial charge in [-0.1, -0.05) is 60.7 Å². The molecule has 0 spiro atoms. The van der Waals surface area contributed by atoms with Crippen molar-refractivity contribution < 1.29 is 19.4 Å². The van der Waals surface area contributed by atoms with Crippen LogP contribution in [0.4, 0.5) is 4.79 Å². The fraction of sp³-hybridized carbons (Fsp3) is 0.381. The Hall–Kier alpha value is -2.41. The van der Waals surface area contributed by atoms with E-state index in [2.05, 4.69) is 4.90 Å². The van der Waals surface area contributed by atoms with E-state index in [-0.39, 0.29) is 0 Å². The van der Waals surface area contributed by atoms with Crippen LogP contribution >= 0.6 is 0 Å². The second-order valence-corrected chi connectivity index (χ2v) is 6.87. The molecular formula is C21H24N2O4. The average molecular weight is 368 g/mol. The first-order valence-electron chi connectivity index (χ1n) is 9.31. The van der Waals surface area contributed by atoms with Gasteiger partial charge in [0.1, 0.15) is 0 Å². The van der Waals surface area contributed by atoms with Crippen LogP contribution < -0.4 is 0 Å². The van der Waals surface area contributed by atoms with Crippen LogP contribution in [-0.4, -0.2) is 60.4 Å². The van der Waals surface area contributed by atoms with Gasteiger partial charge in [-0.05, 0) is 5.56 Å². The molecule has 2 atom stereocenters. The lowest BCUT2D eigenvalue weighted by atomic mass is 9.91. The lowest BCUT2D eigenvalue weighted by molar-refractivity contribution is -0.112. The molecule has 2 aromatic rings. The number of hydrogen-bond acceptors (Lipinski definition) is 5. The number of cyclic esters (lactones) is 1. The van der Waals surface area contributed by atoms with Gasteiger partial charge in [0.2, 0.25) is 5.72 Å². The van der Waals surface area contributed by atoms with Crippen LogP contribution in [-0.2, 0) is 15.2 Å². The molecule has 0 bridgehead atoms. The second-order valence-electron chi connectivity index (χ2n) is 6.87. The van der Waals surface area contributed by atoms with Gasteiger partial charge in [-0.2, -0.15) is 0 Å². The molecule has 0 saturated carbocycles. The highest BCUT2D eigenvalue weighted by Gasteiger charge is 2.55. The molecule has 142 valence electrons. The van der Waals surface area contributed by atoms with E-state index in [1.54, 1.807) is 0 Å². The zero-order valence-corrected chi connectivity index (χ0v) is 15.2. The fourth-order valence-corrected chi connectivity index (χ4v) is 3.77. The van der Waals surface area contributed by atoms with Gasteiger partial charge >= 0.3 is 6.09 Å². The van der Waals surface area contributed by atoms with Crippen molar-refractivity contribution in [2.45, 2.75) is 11.8 Å². The number of amides is 1. The summed E-state index contributed by atoms with van der Waals surface area (Å²) in [5, 5.41) is 11.8. The molecule has 2 fully saturated rings. The van der Waals surface area contributed by atoms with Crippen LogP contribution in [0.25, 0.3) is 0 Å². The Bertz CT molecular complexity index is 764. The summed E-state index contributed by atoms with van der Waals surface area (Å²) in [6.07, 6.45) is -1.28. The maximum absolute atomic E-state index is 12.7. The number of aliphatic hydroxyl groups is 1. The van der Waals surface area contributed by atoms with Crippen molar-refractivity contribution in [3.05, 3.63) is 71.8 Å². The summed E-state index contributed by atoms with van der Waals surface area (Å²) in [5.74, 6) is 0. The van der Waals surface area contributed by atoms with Crippen LogP contribution in [0.5, 0.6) is 0 Å². The molecular weight excluding hydrogens is 344 g/mol. The summed E-state index contributed by atoms with van der Waals surface area (Å²) in [5.41, 5.74) is -0.135. The monoisotopic (exact) mass is 368 g/mol. The molecule has 2 heterocycles. The van der Waals surface area contributed by atoms with E-state index in [9.17, 15) is 9.90 Å². The number of benzene rings is 2. The largest absolute Gasteiger partial charge is 0.436 e. The van der Waals surface area contributed by atoms with Crippen molar-refractivity contribution in [3.8, 4) is 0 Å². The Morgan fingerprint density at radius 1 is 0.963 bits per heavy atom.